The molecule has 0 aliphatic heterocycles. The van der Waals surface area contributed by atoms with Gasteiger partial charge in [0, 0.05) is 22.7 Å². The van der Waals surface area contributed by atoms with Crippen LogP contribution < -0.4 is 10.2 Å². The average molecular weight is 334 g/mol. The van der Waals surface area contributed by atoms with Crippen LogP contribution >= 0.6 is 11.6 Å². The summed E-state index contributed by atoms with van der Waals surface area (Å²) in [5, 5.41) is 14.8. The van der Waals surface area contributed by atoms with E-state index in [1.165, 1.54) is 31.5 Å². The lowest BCUT2D eigenvalue weighted by atomic mass is 10.2. The summed E-state index contributed by atoms with van der Waals surface area (Å²) in [6.07, 6.45) is 1.24. The summed E-state index contributed by atoms with van der Waals surface area (Å²) in [4.78, 5) is 22.2. The Labute approximate surface area is 136 Å². The summed E-state index contributed by atoms with van der Waals surface area (Å²) in [5.41, 5.74) is 2.84. The van der Waals surface area contributed by atoms with Gasteiger partial charge in [0.25, 0.3) is 11.6 Å². The van der Waals surface area contributed by atoms with E-state index in [1.807, 2.05) is 0 Å². The lowest BCUT2D eigenvalue weighted by Gasteiger charge is -2.06. The van der Waals surface area contributed by atoms with Crippen LogP contribution in [0.25, 0.3) is 0 Å². The van der Waals surface area contributed by atoms with Crippen molar-refractivity contribution in [1.29, 1.82) is 0 Å². The van der Waals surface area contributed by atoms with E-state index in [1.54, 1.807) is 24.3 Å². The Hall–Kier alpha value is -2.93. The van der Waals surface area contributed by atoms with Gasteiger partial charge in [-0.15, -0.1) is 0 Å². The fourth-order valence-electron chi connectivity index (χ4n) is 1.80. The molecule has 0 aliphatic carbocycles. The van der Waals surface area contributed by atoms with E-state index in [0.717, 1.165) is 0 Å². The van der Waals surface area contributed by atoms with E-state index in [0.29, 0.717) is 16.9 Å². The van der Waals surface area contributed by atoms with Crippen LogP contribution in [-0.4, -0.2) is 24.2 Å². The Balaban J connectivity index is 2.14. The Morgan fingerprint density at radius 1 is 1.35 bits per heavy atom. The first-order chi connectivity index (χ1) is 11.0. The summed E-state index contributed by atoms with van der Waals surface area (Å²) >= 11 is 5.93. The molecule has 1 N–H and O–H groups in total. The molecule has 0 saturated carbocycles. The van der Waals surface area contributed by atoms with Gasteiger partial charge in [-0.05, 0) is 18.2 Å². The smallest absolute Gasteiger partial charge is 0.275 e. The highest BCUT2D eigenvalue weighted by molar-refractivity contribution is 6.33. The highest BCUT2D eigenvalue weighted by Gasteiger charge is 2.11. The van der Waals surface area contributed by atoms with Gasteiger partial charge in [0.15, 0.2) is 0 Å². The van der Waals surface area contributed by atoms with Crippen molar-refractivity contribution in [3.05, 3.63) is 68.7 Å². The fraction of sp³-hybridized carbons (Fsp3) is 0.0667. The number of carbonyl (C=O) groups excluding carboxylic acids is 1. The van der Waals surface area contributed by atoms with Crippen LogP contribution in [0.2, 0.25) is 5.02 Å². The van der Waals surface area contributed by atoms with Gasteiger partial charge in [-0.25, -0.2) is 5.43 Å². The van der Waals surface area contributed by atoms with Crippen molar-refractivity contribution >= 4 is 29.4 Å². The van der Waals surface area contributed by atoms with Crippen molar-refractivity contribution < 1.29 is 14.5 Å². The van der Waals surface area contributed by atoms with Crippen molar-refractivity contribution in [2.24, 2.45) is 5.10 Å². The van der Waals surface area contributed by atoms with Gasteiger partial charge < -0.3 is 4.74 Å². The highest BCUT2D eigenvalue weighted by Crippen LogP contribution is 2.20. The first-order valence-corrected chi connectivity index (χ1v) is 6.81. The van der Waals surface area contributed by atoms with Crippen LogP contribution in [0.4, 0.5) is 5.69 Å². The molecule has 2 aromatic carbocycles. The number of non-ortho nitro benzene ring substituents is 1. The number of halogens is 1. The van der Waals surface area contributed by atoms with E-state index < -0.39 is 10.8 Å². The summed E-state index contributed by atoms with van der Waals surface area (Å²) < 4.78 is 5.08. The topological polar surface area (TPSA) is 93.8 Å². The van der Waals surface area contributed by atoms with Crippen molar-refractivity contribution in [3.8, 4) is 5.75 Å². The molecule has 0 spiro atoms. The Kier molecular flexibility index (Phi) is 5.27. The van der Waals surface area contributed by atoms with Crippen LogP contribution in [0, 0.1) is 10.1 Å². The number of benzene rings is 2. The quantitative estimate of drug-likeness (QED) is 0.517. The summed E-state index contributed by atoms with van der Waals surface area (Å²) in [5.74, 6) is -0.0613. The number of ether oxygens (including phenoxy) is 1. The average Bonchev–Trinajstić information content (AvgIpc) is 2.56. The van der Waals surface area contributed by atoms with Crippen LogP contribution in [0.15, 0.2) is 47.6 Å². The maximum Gasteiger partial charge on any atom is 0.275 e. The minimum Gasteiger partial charge on any atom is -0.496 e. The minimum absolute atomic E-state index is 0.119. The molecule has 0 radical (unpaired) electrons. The van der Waals surface area contributed by atoms with Gasteiger partial charge in [-0.2, -0.15) is 5.10 Å². The number of nitro groups is 1. The molecule has 8 heteroatoms. The first-order valence-electron chi connectivity index (χ1n) is 6.43. The SMILES string of the molecule is COc1ccccc1C(=O)NN=Cc1cc([N+](=O)[O-])ccc1Cl. The number of amides is 1. The van der Waals surface area contributed by atoms with Crippen molar-refractivity contribution in [2.45, 2.75) is 0 Å². The van der Waals surface area contributed by atoms with Crippen molar-refractivity contribution in [1.82, 2.24) is 5.43 Å². The molecule has 0 atom stereocenters. The predicted molar refractivity (Wildman–Crippen MR) is 86.2 cm³/mol. The highest BCUT2D eigenvalue weighted by atomic mass is 35.5. The van der Waals surface area contributed by atoms with Crippen LogP contribution in [0.1, 0.15) is 15.9 Å². The normalized spacial score (nSPS) is 10.5. The molecule has 1 amide bonds. The monoisotopic (exact) mass is 333 g/mol. The molecule has 0 unspecified atom stereocenters. The molecule has 7 nitrogen and oxygen atoms in total. The zero-order valence-corrected chi connectivity index (χ0v) is 12.8. The number of carbonyl (C=O) groups is 1. The van der Waals surface area contributed by atoms with E-state index in [9.17, 15) is 14.9 Å². The molecule has 0 bridgehead atoms. The van der Waals surface area contributed by atoms with Gasteiger partial charge >= 0.3 is 0 Å². The largest absolute Gasteiger partial charge is 0.496 e. The fourth-order valence-corrected chi connectivity index (χ4v) is 1.96. The Morgan fingerprint density at radius 3 is 2.78 bits per heavy atom. The maximum absolute atomic E-state index is 12.0. The molecule has 0 saturated heterocycles. The van der Waals surface area contributed by atoms with Crippen LogP contribution in [0.3, 0.4) is 0 Å². The van der Waals surface area contributed by atoms with E-state index >= 15 is 0 Å². The minimum atomic E-state index is -0.541. The second-order valence-corrected chi connectivity index (χ2v) is 4.77. The Morgan fingerprint density at radius 2 is 2.09 bits per heavy atom. The summed E-state index contributed by atoms with van der Waals surface area (Å²) in [7, 11) is 1.46. The third kappa shape index (κ3) is 4.04. The maximum atomic E-state index is 12.0. The molecule has 0 heterocycles. The molecule has 2 rings (SSSR count). The molecule has 23 heavy (non-hydrogen) atoms. The number of methoxy groups -OCH3 is 1. The van der Waals surface area contributed by atoms with E-state index in [-0.39, 0.29) is 10.7 Å². The second kappa shape index (κ2) is 7.37. The number of nitrogens with one attached hydrogen (secondary N) is 1. The molecule has 2 aromatic rings. The molecule has 0 fully saturated rings. The van der Waals surface area contributed by atoms with Gasteiger partial charge in [0.1, 0.15) is 5.75 Å². The van der Waals surface area contributed by atoms with Gasteiger partial charge in [-0.3, -0.25) is 14.9 Å². The molecule has 0 aromatic heterocycles. The number of para-hydroxylation sites is 1. The third-order valence-electron chi connectivity index (χ3n) is 2.91. The summed E-state index contributed by atoms with van der Waals surface area (Å²) in [6, 6.07) is 10.6. The second-order valence-electron chi connectivity index (χ2n) is 4.36. The lowest BCUT2D eigenvalue weighted by Crippen LogP contribution is -2.18. The zero-order chi connectivity index (χ0) is 16.8. The van der Waals surface area contributed by atoms with Crippen LogP contribution in [-0.2, 0) is 0 Å². The predicted octanol–water partition coefficient (Wildman–Crippen LogP) is 3.02. The first kappa shape index (κ1) is 16.4. The zero-order valence-electron chi connectivity index (χ0n) is 12.0. The van der Waals surface area contributed by atoms with Crippen molar-refractivity contribution in [3.63, 3.8) is 0 Å². The van der Waals surface area contributed by atoms with E-state index in [2.05, 4.69) is 10.5 Å². The molecular weight excluding hydrogens is 322 g/mol. The Bertz CT molecular complexity index is 777. The third-order valence-corrected chi connectivity index (χ3v) is 3.26. The number of hydrogen-bond acceptors (Lipinski definition) is 5. The van der Waals surface area contributed by atoms with Crippen LogP contribution in [0.5, 0.6) is 5.75 Å². The number of hydrazone groups is 1. The van der Waals surface area contributed by atoms with E-state index in [4.69, 9.17) is 16.3 Å². The van der Waals surface area contributed by atoms with Gasteiger partial charge in [-0.1, -0.05) is 23.7 Å². The number of hydrogen-bond donors (Lipinski definition) is 1. The molecule has 118 valence electrons. The molecule has 0 aliphatic rings. The van der Waals surface area contributed by atoms with Crippen molar-refractivity contribution in [2.75, 3.05) is 7.11 Å². The number of nitro benzene ring substituents is 1. The lowest BCUT2D eigenvalue weighted by molar-refractivity contribution is -0.384. The summed E-state index contributed by atoms with van der Waals surface area (Å²) in [6.45, 7) is 0. The van der Waals surface area contributed by atoms with Gasteiger partial charge in [0.05, 0.1) is 23.8 Å². The van der Waals surface area contributed by atoms with Gasteiger partial charge in [0.2, 0.25) is 0 Å². The number of rotatable bonds is 5. The standard InChI is InChI=1S/C15H12ClN3O4/c1-23-14-5-3-2-4-12(14)15(20)18-17-9-10-8-11(19(21)22)6-7-13(10)16/h2-9H,1H3,(H,18,20). The molecular formula is C15H12ClN3O4. The number of nitrogens with zero attached hydrogens (tertiary/aromatic N) is 2.